The van der Waals surface area contributed by atoms with Crippen molar-refractivity contribution in [3.8, 4) is 11.5 Å². The molecule has 0 spiro atoms. The van der Waals surface area contributed by atoms with Crippen molar-refractivity contribution in [1.82, 2.24) is 5.32 Å². The van der Waals surface area contributed by atoms with Gasteiger partial charge in [0.2, 0.25) is 0 Å². The Morgan fingerprint density at radius 2 is 2.00 bits per heavy atom. The predicted octanol–water partition coefficient (Wildman–Crippen LogP) is 2.24. The van der Waals surface area contributed by atoms with E-state index in [9.17, 15) is 0 Å². The molecule has 0 heterocycles. The van der Waals surface area contributed by atoms with Crippen LogP contribution in [0.5, 0.6) is 11.5 Å². The maximum atomic E-state index is 5.33. The van der Waals surface area contributed by atoms with Crippen molar-refractivity contribution in [2.45, 2.75) is 25.8 Å². The van der Waals surface area contributed by atoms with Crippen molar-refractivity contribution < 1.29 is 9.47 Å². The summed E-state index contributed by atoms with van der Waals surface area (Å²) in [4.78, 5) is 0. The second-order valence-corrected chi connectivity index (χ2v) is 3.91. The van der Waals surface area contributed by atoms with Gasteiger partial charge in [0.15, 0.2) is 0 Å². The lowest BCUT2D eigenvalue weighted by molar-refractivity contribution is 0.397. The van der Waals surface area contributed by atoms with Gasteiger partial charge < -0.3 is 14.8 Å². The van der Waals surface area contributed by atoms with Crippen LogP contribution >= 0.6 is 0 Å². The monoisotopic (exact) mass is 223 g/mol. The van der Waals surface area contributed by atoms with Crippen LogP contribution in [0.3, 0.4) is 0 Å². The van der Waals surface area contributed by atoms with Gasteiger partial charge in [0, 0.05) is 6.04 Å². The number of methoxy groups -OCH3 is 2. The van der Waals surface area contributed by atoms with Crippen molar-refractivity contribution in [2.24, 2.45) is 0 Å². The number of ether oxygens (including phenoxy) is 2. The smallest absolute Gasteiger partial charge is 0.122 e. The third-order valence-corrected chi connectivity index (χ3v) is 2.83. The van der Waals surface area contributed by atoms with Crippen LogP contribution in [0.1, 0.15) is 18.9 Å². The summed E-state index contributed by atoms with van der Waals surface area (Å²) in [7, 11) is 5.36. The molecule has 1 atom stereocenters. The predicted molar refractivity (Wildman–Crippen MR) is 66.4 cm³/mol. The van der Waals surface area contributed by atoms with Crippen molar-refractivity contribution >= 4 is 0 Å². The van der Waals surface area contributed by atoms with Gasteiger partial charge in [-0.3, -0.25) is 0 Å². The number of hydrogen-bond donors (Lipinski definition) is 1. The summed E-state index contributed by atoms with van der Waals surface area (Å²) in [6.45, 7) is 2.17. The van der Waals surface area contributed by atoms with Crippen LogP contribution in [0.15, 0.2) is 18.2 Å². The lowest BCUT2D eigenvalue weighted by atomic mass is 10.0. The summed E-state index contributed by atoms with van der Waals surface area (Å²) in [5.74, 6) is 1.82. The van der Waals surface area contributed by atoms with Crippen LogP contribution in [0, 0.1) is 0 Å². The summed E-state index contributed by atoms with van der Waals surface area (Å²) < 4.78 is 10.6. The van der Waals surface area contributed by atoms with Gasteiger partial charge >= 0.3 is 0 Å². The Morgan fingerprint density at radius 3 is 2.56 bits per heavy atom. The van der Waals surface area contributed by atoms with Gasteiger partial charge in [0.05, 0.1) is 14.2 Å². The number of rotatable bonds is 6. The summed E-state index contributed by atoms with van der Waals surface area (Å²) >= 11 is 0. The van der Waals surface area contributed by atoms with Crippen LogP contribution in [0.25, 0.3) is 0 Å². The molecule has 1 unspecified atom stereocenters. The molecule has 1 aromatic carbocycles. The van der Waals surface area contributed by atoms with Gasteiger partial charge in [-0.25, -0.2) is 0 Å². The molecule has 0 aliphatic rings. The first-order valence-corrected chi connectivity index (χ1v) is 5.59. The summed E-state index contributed by atoms with van der Waals surface area (Å²) in [6.07, 6.45) is 2.07. The van der Waals surface area contributed by atoms with E-state index in [4.69, 9.17) is 9.47 Å². The highest BCUT2D eigenvalue weighted by atomic mass is 16.5. The molecule has 0 radical (unpaired) electrons. The Morgan fingerprint density at radius 1 is 1.25 bits per heavy atom. The van der Waals surface area contributed by atoms with E-state index in [0.717, 1.165) is 24.3 Å². The van der Waals surface area contributed by atoms with E-state index < -0.39 is 0 Å². The Balaban J connectivity index is 2.75. The van der Waals surface area contributed by atoms with Gasteiger partial charge in [-0.05, 0) is 50.6 Å². The van der Waals surface area contributed by atoms with Crippen LogP contribution < -0.4 is 14.8 Å². The number of hydrogen-bond acceptors (Lipinski definition) is 3. The molecule has 0 aliphatic carbocycles. The average Bonchev–Trinajstić information content (AvgIpc) is 2.35. The van der Waals surface area contributed by atoms with E-state index in [1.54, 1.807) is 14.2 Å². The van der Waals surface area contributed by atoms with E-state index in [0.29, 0.717) is 6.04 Å². The lowest BCUT2D eigenvalue weighted by Gasteiger charge is -2.13. The molecule has 0 saturated heterocycles. The zero-order valence-electron chi connectivity index (χ0n) is 10.5. The first-order chi connectivity index (χ1) is 7.71. The minimum absolute atomic E-state index is 0.510. The first-order valence-electron chi connectivity index (χ1n) is 5.59. The van der Waals surface area contributed by atoms with Crippen molar-refractivity contribution in [3.05, 3.63) is 23.8 Å². The lowest BCUT2D eigenvalue weighted by Crippen LogP contribution is -2.21. The summed E-state index contributed by atoms with van der Waals surface area (Å²) in [5.41, 5.74) is 1.20. The molecule has 0 saturated carbocycles. The molecular weight excluding hydrogens is 202 g/mol. The van der Waals surface area contributed by atoms with E-state index in [-0.39, 0.29) is 0 Å². The molecule has 0 bridgehead atoms. The molecule has 16 heavy (non-hydrogen) atoms. The highest BCUT2D eigenvalue weighted by Gasteiger charge is 2.06. The molecule has 3 heteroatoms. The Bertz CT molecular complexity index is 326. The SMILES string of the molecule is CNC(C)CCc1cc(OC)ccc1OC. The second kappa shape index (κ2) is 6.38. The molecular formula is C13H21NO2. The highest BCUT2D eigenvalue weighted by Crippen LogP contribution is 2.25. The fraction of sp³-hybridized carbons (Fsp3) is 0.538. The zero-order chi connectivity index (χ0) is 12.0. The molecule has 0 fully saturated rings. The number of aryl methyl sites for hydroxylation is 1. The van der Waals surface area contributed by atoms with Crippen molar-refractivity contribution in [1.29, 1.82) is 0 Å². The highest BCUT2D eigenvalue weighted by molar-refractivity contribution is 5.40. The van der Waals surface area contributed by atoms with Gasteiger partial charge in [-0.2, -0.15) is 0 Å². The van der Waals surface area contributed by atoms with E-state index in [2.05, 4.69) is 12.2 Å². The van der Waals surface area contributed by atoms with Crippen molar-refractivity contribution in [3.63, 3.8) is 0 Å². The Labute approximate surface area is 97.8 Å². The quantitative estimate of drug-likeness (QED) is 0.802. The maximum Gasteiger partial charge on any atom is 0.122 e. The van der Waals surface area contributed by atoms with Crippen LogP contribution in [0.2, 0.25) is 0 Å². The number of benzene rings is 1. The Hall–Kier alpha value is -1.22. The van der Waals surface area contributed by atoms with Crippen LogP contribution in [-0.4, -0.2) is 27.3 Å². The van der Waals surface area contributed by atoms with E-state index >= 15 is 0 Å². The first kappa shape index (κ1) is 12.8. The fourth-order valence-electron chi connectivity index (χ4n) is 1.59. The minimum Gasteiger partial charge on any atom is -0.497 e. The van der Waals surface area contributed by atoms with Gasteiger partial charge in [0.1, 0.15) is 11.5 Å². The standard InChI is InChI=1S/C13H21NO2/c1-10(14-2)5-6-11-9-12(15-3)7-8-13(11)16-4/h7-10,14H,5-6H2,1-4H3. The normalized spacial score (nSPS) is 12.2. The molecule has 90 valence electrons. The van der Waals surface area contributed by atoms with Gasteiger partial charge in [0.25, 0.3) is 0 Å². The van der Waals surface area contributed by atoms with Gasteiger partial charge in [-0.1, -0.05) is 0 Å². The third-order valence-electron chi connectivity index (χ3n) is 2.83. The summed E-state index contributed by atoms with van der Waals surface area (Å²) in [5, 5.41) is 3.23. The molecule has 0 aliphatic heterocycles. The van der Waals surface area contributed by atoms with Crippen LogP contribution in [0.4, 0.5) is 0 Å². The molecule has 1 aromatic rings. The molecule has 0 aromatic heterocycles. The maximum absolute atomic E-state index is 5.33. The largest absolute Gasteiger partial charge is 0.497 e. The van der Waals surface area contributed by atoms with Gasteiger partial charge in [-0.15, -0.1) is 0 Å². The summed E-state index contributed by atoms with van der Waals surface area (Å²) in [6, 6.07) is 6.43. The van der Waals surface area contributed by atoms with E-state index in [1.165, 1.54) is 5.56 Å². The van der Waals surface area contributed by atoms with Crippen molar-refractivity contribution in [2.75, 3.05) is 21.3 Å². The fourth-order valence-corrected chi connectivity index (χ4v) is 1.59. The van der Waals surface area contributed by atoms with E-state index in [1.807, 2.05) is 25.2 Å². The molecule has 1 N–H and O–H groups in total. The minimum atomic E-state index is 0.510. The second-order valence-electron chi connectivity index (χ2n) is 3.91. The van der Waals surface area contributed by atoms with Crippen LogP contribution in [-0.2, 0) is 6.42 Å². The third kappa shape index (κ3) is 3.42. The average molecular weight is 223 g/mol. The topological polar surface area (TPSA) is 30.5 Å². The molecule has 0 amide bonds. The zero-order valence-corrected chi connectivity index (χ0v) is 10.5. The molecule has 1 rings (SSSR count). The molecule has 3 nitrogen and oxygen atoms in total. The number of nitrogens with one attached hydrogen (secondary N) is 1. The Kier molecular flexibility index (Phi) is 5.12.